The van der Waals surface area contributed by atoms with E-state index in [0.717, 1.165) is 29.4 Å². The van der Waals surface area contributed by atoms with Gasteiger partial charge in [-0.3, -0.25) is 0 Å². The van der Waals surface area contributed by atoms with Gasteiger partial charge in [-0.1, -0.05) is 38.1 Å². The molecule has 4 heteroatoms. The van der Waals surface area contributed by atoms with Crippen LogP contribution in [0.3, 0.4) is 0 Å². The van der Waals surface area contributed by atoms with E-state index < -0.39 is 0 Å². The first-order chi connectivity index (χ1) is 9.58. The molecule has 1 aromatic carbocycles. The van der Waals surface area contributed by atoms with Crippen molar-refractivity contribution in [2.24, 2.45) is 5.73 Å². The summed E-state index contributed by atoms with van der Waals surface area (Å²) >= 11 is 0. The zero-order chi connectivity index (χ0) is 14.5. The summed E-state index contributed by atoms with van der Waals surface area (Å²) in [5.74, 6) is 2.09. The Bertz CT molecular complexity index is 561. The lowest BCUT2D eigenvalue weighted by atomic mass is 10.1. The zero-order valence-electron chi connectivity index (χ0n) is 12.4. The van der Waals surface area contributed by atoms with E-state index in [0.29, 0.717) is 12.5 Å². The highest BCUT2D eigenvalue weighted by atomic mass is 15.0. The maximum Gasteiger partial charge on any atom is 0.133 e. The van der Waals surface area contributed by atoms with Crippen molar-refractivity contribution in [3.8, 4) is 0 Å². The van der Waals surface area contributed by atoms with E-state index in [1.165, 1.54) is 5.56 Å². The highest BCUT2D eigenvalue weighted by molar-refractivity contribution is 5.37. The van der Waals surface area contributed by atoms with Crippen molar-refractivity contribution >= 4 is 5.82 Å². The summed E-state index contributed by atoms with van der Waals surface area (Å²) in [4.78, 5) is 8.99. The van der Waals surface area contributed by atoms with Crippen LogP contribution in [0.15, 0.2) is 30.3 Å². The molecule has 0 spiro atoms. The molecule has 0 saturated heterocycles. The number of anilines is 1. The number of aromatic nitrogens is 2. The van der Waals surface area contributed by atoms with Gasteiger partial charge >= 0.3 is 0 Å². The number of benzene rings is 1. The van der Waals surface area contributed by atoms with Crippen molar-refractivity contribution in [1.82, 2.24) is 9.97 Å². The second-order valence-electron chi connectivity index (χ2n) is 5.28. The van der Waals surface area contributed by atoms with E-state index in [-0.39, 0.29) is 0 Å². The van der Waals surface area contributed by atoms with Crippen molar-refractivity contribution < 1.29 is 0 Å². The third-order valence-electron chi connectivity index (χ3n) is 3.12. The molecule has 106 valence electrons. The van der Waals surface area contributed by atoms with Crippen molar-refractivity contribution in [2.75, 3.05) is 5.32 Å². The number of rotatable bonds is 5. The molecule has 20 heavy (non-hydrogen) atoms. The third-order valence-corrected chi connectivity index (χ3v) is 3.12. The molecule has 0 amide bonds. The van der Waals surface area contributed by atoms with Gasteiger partial charge in [-0.2, -0.15) is 0 Å². The zero-order valence-corrected chi connectivity index (χ0v) is 12.4. The summed E-state index contributed by atoms with van der Waals surface area (Å²) in [7, 11) is 0. The smallest absolute Gasteiger partial charge is 0.133 e. The van der Waals surface area contributed by atoms with Crippen LogP contribution in [0.4, 0.5) is 5.82 Å². The summed E-state index contributed by atoms with van der Waals surface area (Å²) in [5.41, 5.74) is 8.94. The lowest BCUT2D eigenvalue weighted by molar-refractivity contribution is 0.766. The van der Waals surface area contributed by atoms with E-state index in [9.17, 15) is 0 Å². The molecule has 0 saturated carbocycles. The topological polar surface area (TPSA) is 63.8 Å². The summed E-state index contributed by atoms with van der Waals surface area (Å²) in [6, 6.07) is 10.3. The van der Waals surface area contributed by atoms with Gasteiger partial charge in [0.05, 0.1) is 0 Å². The standard InChI is InChI=1S/C16H22N4/c1-11(2)16-19-12(3)8-15(20-16)18-10-14-6-4-13(9-17)5-7-14/h4-8,11H,9-10,17H2,1-3H3,(H,18,19,20). The fourth-order valence-corrected chi connectivity index (χ4v) is 1.93. The van der Waals surface area contributed by atoms with E-state index in [4.69, 9.17) is 5.73 Å². The van der Waals surface area contributed by atoms with Crippen LogP contribution < -0.4 is 11.1 Å². The highest BCUT2D eigenvalue weighted by Gasteiger charge is 2.06. The molecular weight excluding hydrogens is 248 g/mol. The molecule has 2 aromatic rings. The minimum atomic E-state index is 0.333. The maximum absolute atomic E-state index is 5.59. The largest absolute Gasteiger partial charge is 0.366 e. The third kappa shape index (κ3) is 3.78. The van der Waals surface area contributed by atoms with Gasteiger partial charge in [0.15, 0.2) is 0 Å². The van der Waals surface area contributed by atoms with Crippen LogP contribution in [0, 0.1) is 6.92 Å². The van der Waals surface area contributed by atoms with Gasteiger partial charge in [0.25, 0.3) is 0 Å². The van der Waals surface area contributed by atoms with Crippen LogP contribution in [-0.4, -0.2) is 9.97 Å². The van der Waals surface area contributed by atoms with Crippen LogP contribution in [-0.2, 0) is 13.1 Å². The van der Waals surface area contributed by atoms with Crippen LogP contribution in [0.2, 0.25) is 0 Å². The first-order valence-corrected chi connectivity index (χ1v) is 6.96. The molecule has 0 aliphatic carbocycles. The molecule has 0 aliphatic heterocycles. The molecule has 4 nitrogen and oxygen atoms in total. The van der Waals surface area contributed by atoms with Gasteiger partial charge in [0.1, 0.15) is 11.6 Å². The van der Waals surface area contributed by atoms with Crippen LogP contribution in [0.25, 0.3) is 0 Å². The fraction of sp³-hybridized carbons (Fsp3) is 0.375. The second-order valence-corrected chi connectivity index (χ2v) is 5.28. The predicted octanol–water partition coefficient (Wildman–Crippen LogP) is 2.98. The molecule has 0 bridgehead atoms. The SMILES string of the molecule is Cc1cc(NCc2ccc(CN)cc2)nc(C(C)C)n1. The Balaban J connectivity index is 2.06. The predicted molar refractivity (Wildman–Crippen MR) is 82.5 cm³/mol. The normalized spacial score (nSPS) is 10.8. The second kappa shape index (κ2) is 6.48. The van der Waals surface area contributed by atoms with E-state index in [2.05, 4.69) is 53.4 Å². The van der Waals surface area contributed by atoms with Gasteiger partial charge in [-0.25, -0.2) is 9.97 Å². The average molecular weight is 270 g/mol. The number of hydrogen-bond donors (Lipinski definition) is 2. The number of nitrogens with one attached hydrogen (secondary N) is 1. The van der Waals surface area contributed by atoms with Crippen molar-refractivity contribution in [2.45, 2.75) is 39.8 Å². The summed E-state index contributed by atoms with van der Waals surface area (Å²) in [6.45, 7) is 7.53. The van der Waals surface area contributed by atoms with Crippen LogP contribution in [0.1, 0.15) is 42.4 Å². The van der Waals surface area contributed by atoms with Crippen molar-refractivity contribution in [3.63, 3.8) is 0 Å². The number of nitrogens with zero attached hydrogens (tertiary/aromatic N) is 2. The lowest BCUT2D eigenvalue weighted by Gasteiger charge is -2.10. The molecule has 1 heterocycles. The van der Waals surface area contributed by atoms with Crippen molar-refractivity contribution in [3.05, 3.63) is 53.0 Å². The number of nitrogens with two attached hydrogens (primary N) is 1. The lowest BCUT2D eigenvalue weighted by Crippen LogP contribution is -2.06. The molecule has 0 aliphatic rings. The van der Waals surface area contributed by atoms with Gasteiger partial charge in [0, 0.05) is 30.8 Å². The monoisotopic (exact) mass is 270 g/mol. The Morgan fingerprint density at radius 1 is 1.10 bits per heavy atom. The van der Waals surface area contributed by atoms with Gasteiger partial charge in [0.2, 0.25) is 0 Å². The summed E-state index contributed by atoms with van der Waals surface area (Å²) in [5, 5.41) is 3.35. The molecular formula is C16H22N4. The Hall–Kier alpha value is -1.94. The first-order valence-electron chi connectivity index (χ1n) is 6.96. The molecule has 0 radical (unpaired) electrons. The molecule has 2 rings (SSSR count). The van der Waals surface area contributed by atoms with Crippen LogP contribution >= 0.6 is 0 Å². The summed E-state index contributed by atoms with van der Waals surface area (Å²) in [6.07, 6.45) is 0. The Kier molecular flexibility index (Phi) is 4.69. The fourth-order valence-electron chi connectivity index (χ4n) is 1.93. The Morgan fingerprint density at radius 2 is 1.75 bits per heavy atom. The van der Waals surface area contributed by atoms with Gasteiger partial charge in [-0.05, 0) is 18.1 Å². The van der Waals surface area contributed by atoms with Gasteiger partial charge < -0.3 is 11.1 Å². The first kappa shape index (κ1) is 14.5. The van der Waals surface area contributed by atoms with Gasteiger partial charge in [-0.15, -0.1) is 0 Å². The Labute approximate surface area is 120 Å². The molecule has 0 atom stereocenters. The van der Waals surface area contributed by atoms with Crippen molar-refractivity contribution in [1.29, 1.82) is 0 Å². The quantitative estimate of drug-likeness (QED) is 0.876. The molecule has 0 unspecified atom stereocenters. The highest BCUT2D eigenvalue weighted by Crippen LogP contribution is 2.14. The van der Waals surface area contributed by atoms with E-state index >= 15 is 0 Å². The molecule has 0 fully saturated rings. The molecule has 1 aromatic heterocycles. The number of hydrogen-bond acceptors (Lipinski definition) is 4. The van der Waals surface area contributed by atoms with E-state index in [1.807, 2.05) is 13.0 Å². The number of aryl methyl sites for hydroxylation is 1. The van der Waals surface area contributed by atoms with Crippen LogP contribution in [0.5, 0.6) is 0 Å². The minimum absolute atomic E-state index is 0.333. The molecule has 3 N–H and O–H groups in total. The minimum Gasteiger partial charge on any atom is -0.366 e. The average Bonchev–Trinajstić information content (AvgIpc) is 2.45. The van der Waals surface area contributed by atoms with E-state index in [1.54, 1.807) is 0 Å². The Morgan fingerprint density at radius 3 is 2.35 bits per heavy atom. The summed E-state index contributed by atoms with van der Waals surface area (Å²) < 4.78 is 0. The maximum atomic E-state index is 5.59.